The predicted molar refractivity (Wildman–Crippen MR) is 71.6 cm³/mol. The first-order chi connectivity index (χ1) is 8.13. The quantitative estimate of drug-likeness (QED) is 0.842. The summed E-state index contributed by atoms with van der Waals surface area (Å²) in [5.74, 6) is 0.357. The highest BCUT2D eigenvalue weighted by Crippen LogP contribution is 2.27. The monoisotopic (exact) mass is 230 g/mol. The molecule has 1 aromatic carbocycles. The molecule has 2 heteroatoms. The molecular weight excluding hydrogens is 208 g/mol. The van der Waals surface area contributed by atoms with E-state index in [9.17, 15) is 5.26 Å². The standard InChI is InChI=1S/C15H22N2/c1-5-12-6-8-13(9-7-12)15(17-4)14(10-16)11(2)3/h6-9,11,14-15,17H,5H2,1-4H3. The second kappa shape index (κ2) is 6.42. The maximum atomic E-state index is 9.27. The van der Waals surface area contributed by atoms with Crippen LogP contribution < -0.4 is 5.32 Å². The summed E-state index contributed by atoms with van der Waals surface area (Å²) in [6, 6.07) is 11.1. The first kappa shape index (κ1) is 13.7. The number of hydrogen-bond donors (Lipinski definition) is 1. The first-order valence-electron chi connectivity index (χ1n) is 6.29. The second-order valence-electron chi connectivity index (χ2n) is 4.76. The van der Waals surface area contributed by atoms with Crippen LogP contribution in [0, 0.1) is 23.2 Å². The number of nitrogens with zero attached hydrogens (tertiary/aromatic N) is 1. The molecule has 92 valence electrons. The minimum Gasteiger partial charge on any atom is -0.312 e. The predicted octanol–water partition coefficient (Wildman–Crippen LogP) is 3.31. The van der Waals surface area contributed by atoms with Crippen molar-refractivity contribution in [2.75, 3.05) is 7.05 Å². The molecule has 1 rings (SSSR count). The van der Waals surface area contributed by atoms with Gasteiger partial charge in [0.2, 0.25) is 0 Å². The van der Waals surface area contributed by atoms with E-state index in [1.54, 1.807) is 0 Å². The number of hydrogen-bond acceptors (Lipinski definition) is 2. The maximum Gasteiger partial charge on any atom is 0.0681 e. The van der Waals surface area contributed by atoms with E-state index >= 15 is 0 Å². The van der Waals surface area contributed by atoms with E-state index in [0.29, 0.717) is 5.92 Å². The summed E-state index contributed by atoms with van der Waals surface area (Å²) in [5.41, 5.74) is 2.53. The zero-order valence-electron chi connectivity index (χ0n) is 11.2. The third-order valence-corrected chi connectivity index (χ3v) is 3.28. The number of nitrogens with one attached hydrogen (secondary N) is 1. The van der Waals surface area contributed by atoms with E-state index in [1.165, 1.54) is 11.1 Å². The Morgan fingerprint density at radius 3 is 2.18 bits per heavy atom. The minimum atomic E-state index is 0.00692. The lowest BCUT2D eigenvalue weighted by Crippen LogP contribution is -2.27. The summed E-state index contributed by atoms with van der Waals surface area (Å²) in [7, 11) is 1.92. The van der Waals surface area contributed by atoms with Gasteiger partial charge in [0.1, 0.15) is 0 Å². The van der Waals surface area contributed by atoms with Crippen LogP contribution in [0.2, 0.25) is 0 Å². The Morgan fingerprint density at radius 1 is 1.24 bits per heavy atom. The van der Waals surface area contributed by atoms with Crippen LogP contribution in [0.5, 0.6) is 0 Å². The highest BCUT2D eigenvalue weighted by Gasteiger charge is 2.24. The summed E-state index contributed by atoms with van der Waals surface area (Å²) in [6.45, 7) is 6.34. The van der Waals surface area contributed by atoms with Crippen LogP contribution in [-0.4, -0.2) is 7.05 Å². The van der Waals surface area contributed by atoms with Crippen molar-refractivity contribution in [3.8, 4) is 6.07 Å². The summed E-state index contributed by atoms with van der Waals surface area (Å²) in [6.07, 6.45) is 1.05. The lowest BCUT2D eigenvalue weighted by Gasteiger charge is -2.25. The van der Waals surface area contributed by atoms with Crippen LogP contribution >= 0.6 is 0 Å². The molecule has 2 nitrogen and oxygen atoms in total. The summed E-state index contributed by atoms with van der Waals surface area (Å²) in [4.78, 5) is 0. The average Bonchev–Trinajstić information content (AvgIpc) is 2.35. The van der Waals surface area contributed by atoms with Gasteiger partial charge in [-0.25, -0.2) is 0 Å². The van der Waals surface area contributed by atoms with Crippen molar-refractivity contribution in [1.29, 1.82) is 5.26 Å². The van der Waals surface area contributed by atoms with Crippen molar-refractivity contribution >= 4 is 0 Å². The second-order valence-corrected chi connectivity index (χ2v) is 4.76. The Balaban J connectivity index is 2.96. The van der Waals surface area contributed by atoms with Crippen molar-refractivity contribution in [3.63, 3.8) is 0 Å². The van der Waals surface area contributed by atoms with E-state index in [1.807, 2.05) is 7.05 Å². The third-order valence-electron chi connectivity index (χ3n) is 3.28. The highest BCUT2D eigenvalue weighted by atomic mass is 14.9. The van der Waals surface area contributed by atoms with Crippen molar-refractivity contribution in [2.24, 2.45) is 11.8 Å². The molecule has 1 N–H and O–H groups in total. The molecule has 0 saturated carbocycles. The topological polar surface area (TPSA) is 35.8 Å². The third kappa shape index (κ3) is 3.31. The molecule has 0 aromatic heterocycles. The average molecular weight is 230 g/mol. The van der Waals surface area contributed by atoms with E-state index in [4.69, 9.17) is 0 Å². The van der Waals surface area contributed by atoms with Gasteiger partial charge in [-0.15, -0.1) is 0 Å². The first-order valence-corrected chi connectivity index (χ1v) is 6.29. The van der Waals surface area contributed by atoms with Crippen molar-refractivity contribution in [2.45, 2.75) is 33.2 Å². The molecule has 0 fully saturated rings. The molecule has 0 heterocycles. The summed E-state index contributed by atoms with van der Waals surface area (Å²) < 4.78 is 0. The van der Waals surface area contributed by atoms with Crippen LogP contribution in [-0.2, 0) is 6.42 Å². The van der Waals surface area contributed by atoms with Crippen molar-refractivity contribution in [1.82, 2.24) is 5.32 Å². The van der Waals surface area contributed by atoms with Gasteiger partial charge in [-0.05, 0) is 30.5 Å². The smallest absolute Gasteiger partial charge is 0.0681 e. The number of nitriles is 1. The molecule has 0 spiro atoms. The Kier molecular flexibility index (Phi) is 5.18. The van der Waals surface area contributed by atoms with Crippen molar-refractivity contribution in [3.05, 3.63) is 35.4 Å². The Labute approximate surface area is 105 Å². The van der Waals surface area contributed by atoms with Crippen molar-refractivity contribution < 1.29 is 0 Å². The van der Waals surface area contributed by atoms with Gasteiger partial charge in [0.05, 0.1) is 12.0 Å². The Hall–Kier alpha value is -1.33. The highest BCUT2D eigenvalue weighted by molar-refractivity contribution is 5.26. The molecule has 2 unspecified atom stereocenters. The lowest BCUT2D eigenvalue weighted by molar-refractivity contribution is 0.363. The van der Waals surface area contributed by atoms with E-state index < -0.39 is 0 Å². The molecule has 17 heavy (non-hydrogen) atoms. The summed E-state index contributed by atoms with van der Waals surface area (Å²) in [5, 5.41) is 12.5. The van der Waals surface area contributed by atoms with Gasteiger partial charge in [0.25, 0.3) is 0 Å². The molecule has 0 radical (unpaired) electrons. The van der Waals surface area contributed by atoms with Crippen LogP contribution in [0.4, 0.5) is 0 Å². The minimum absolute atomic E-state index is 0.00692. The van der Waals surface area contributed by atoms with Crippen LogP contribution in [0.1, 0.15) is 37.9 Å². The molecule has 0 aliphatic rings. The number of rotatable bonds is 5. The van der Waals surface area contributed by atoms with Crippen LogP contribution in [0.25, 0.3) is 0 Å². The van der Waals surface area contributed by atoms with Gasteiger partial charge in [-0.1, -0.05) is 45.0 Å². The molecule has 0 saturated heterocycles. The normalized spacial score (nSPS) is 14.4. The Morgan fingerprint density at radius 2 is 1.82 bits per heavy atom. The fourth-order valence-corrected chi connectivity index (χ4v) is 2.12. The van der Waals surface area contributed by atoms with Crippen LogP contribution in [0.3, 0.4) is 0 Å². The van der Waals surface area contributed by atoms with E-state index in [-0.39, 0.29) is 12.0 Å². The number of benzene rings is 1. The van der Waals surface area contributed by atoms with Gasteiger partial charge >= 0.3 is 0 Å². The number of aryl methyl sites for hydroxylation is 1. The van der Waals surface area contributed by atoms with E-state index in [0.717, 1.165) is 6.42 Å². The zero-order chi connectivity index (χ0) is 12.8. The molecule has 0 aliphatic heterocycles. The molecule has 0 bridgehead atoms. The van der Waals surface area contributed by atoms with Gasteiger partial charge < -0.3 is 5.32 Å². The SMILES string of the molecule is CCc1ccc(C(NC)C(C#N)C(C)C)cc1. The zero-order valence-corrected chi connectivity index (χ0v) is 11.2. The molecule has 1 aromatic rings. The maximum absolute atomic E-state index is 9.27. The van der Waals surface area contributed by atoms with E-state index in [2.05, 4.69) is 56.4 Å². The lowest BCUT2D eigenvalue weighted by atomic mass is 9.85. The molecule has 0 aliphatic carbocycles. The van der Waals surface area contributed by atoms with Gasteiger partial charge in [0.15, 0.2) is 0 Å². The fourth-order valence-electron chi connectivity index (χ4n) is 2.12. The molecule has 0 amide bonds. The fraction of sp³-hybridized carbons (Fsp3) is 0.533. The summed E-state index contributed by atoms with van der Waals surface area (Å²) >= 11 is 0. The van der Waals surface area contributed by atoms with Crippen LogP contribution in [0.15, 0.2) is 24.3 Å². The largest absolute Gasteiger partial charge is 0.312 e. The van der Waals surface area contributed by atoms with Gasteiger partial charge in [-0.2, -0.15) is 5.26 Å². The molecule has 2 atom stereocenters. The molecular formula is C15H22N2. The van der Waals surface area contributed by atoms with Gasteiger partial charge in [0, 0.05) is 6.04 Å². The van der Waals surface area contributed by atoms with Gasteiger partial charge in [-0.3, -0.25) is 0 Å². The Bertz CT molecular complexity index is 373.